The molecule has 0 bridgehead atoms. The molecule has 8 nitrogen and oxygen atoms in total. The van der Waals surface area contributed by atoms with E-state index < -0.39 is 29.4 Å². The van der Waals surface area contributed by atoms with Gasteiger partial charge in [-0.3, -0.25) is 4.79 Å². The lowest BCUT2D eigenvalue weighted by molar-refractivity contribution is -0.181. The molecule has 2 rings (SSSR count). The van der Waals surface area contributed by atoms with Crippen molar-refractivity contribution in [3.05, 3.63) is 35.9 Å². The molecule has 1 atom stereocenters. The summed E-state index contributed by atoms with van der Waals surface area (Å²) in [4.78, 5) is 42.3. The minimum atomic E-state index is -2.37. The first-order valence-corrected chi connectivity index (χ1v) is 8.34. The largest absolute Gasteiger partial charge is 0.462 e. The van der Waals surface area contributed by atoms with Crippen molar-refractivity contribution in [3.63, 3.8) is 0 Å². The van der Waals surface area contributed by atoms with E-state index in [1.54, 1.807) is 51.1 Å². The predicted octanol–water partition coefficient (Wildman–Crippen LogP) is 1.53. The van der Waals surface area contributed by atoms with Gasteiger partial charge in [0.1, 0.15) is 0 Å². The van der Waals surface area contributed by atoms with Crippen LogP contribution in [-0.4, -0.2) is 55.3 Å². The first-order valence-electron chi connectivity index (χ1n) is 8.34. The fraction of sp³-hybridized carbons (Fsp3) is 0.444. The molecule has 0 aliphatic carbocycles. The van der Waals surface area contributed by atoms with Crippen LogP contribution >= 0.6 is 0 Å². The summed E-state index contributed by atoms with van der Waals surface area (Å²) in [5, 5.41) is 0. The number of aliphatic imine (C=N–C) groups is 1. The minimum Gasteiger partial charge on any atom is -0.462 e. The Bertz CT molecular complexity index is 681. The first kappa shape index (κ1) is 19.4. The highest BCUT2D eigenvalue weighted by atomic mass is 16.7. The molecule has 1 aliphatic rings. The van der Waals surface area contributed by atoms with Crippen molar-refractivity contribution in [2.24, 2.45) is 4.99 Å². The SMILES string of the molecule is CCOC(=O)C1(C(=O)OCC)OC(OCC)=NC1C(=O)c1ccccc1. The van der Waals surface area contributed by atoms with E-state index in [0.717, 1.165) is 0 Å². The van der Waals surface area contributed by atoms with E-state index >= 15 is 0 Å². The summed E-state index contributed by atoms with van der Waals surface area (Å²) in [6.45, 7) is 4.97. The van der Waals surface area contributed by atoms with E-state index in [1.807, 2.05) is 0 Å². The summed E-state index contributed by atoms with van der Waals surface area (Å²) < 4.78 is 20.6. The zero-order valence-corrected chi connectivity index (χ0v) is 14.9. The van der Waals surface area contributed by atoms with Gasteiger partial charge in [0.2, 0.25) is 0 Å². The van der Waals surface area contributed by atoms with Gasteiger partial charge in [-0.2, -0.15) is 4.99 Å². The molecule has 0 fully saturated rings. The van der Waals surface area contributed by atoms with E-state index in [0.29, 0.717) is 0 Å². The Morgan fingerprint density at radius 2 is 1.58 bits per heavy atom. The van der Waals surface area contributed by atoms with Crippen LogP contribution in [0.25, 0.3) is 0 Å². The first-order chi connectivity index (χ1) is 12.5. The van der Waals surface area contributed by atoms with Crippen molar-refractivity contribution in [1.82, 2.24) is 0 Å². The van der Waals surface area contributed by atoms with Gasteiger partial charge >= 0.3 is 23.6 Å². The summed E-state index contributed by atoms with van der Waals surface area (Å²) in [5.74, 6) is -2.68. The zero-order chi connectivity index (χ0) is 19.2. The van der Waals surface area contributed by atoms with Crippen molar-refractivity contribution < 1.29 is 33.3 Å². The number of rotatable bonds is 7. The second kappa shape index (κ2) is 8.46. The van der Waals surface area contributed by atoms with Gasteiger partial charge in [0, 0.05) is 5.56 Å². The molecule has 0 radical (unpaired) electrons. The second-order valence-electron chi connectivity index (χ2n) is 5.24. The van der Waals surface area contributed by atoms with Crippen molar-refractivity contribution in [2.75, 3.05) is 19.8 Å². The van der Waals surface area contributed by atoms with Crippen LogP contribution in [0.2, 0.25) is 0 Å². The molecule has 0 saturated heterocycles. The van der Waals surface area contributed by atoms with Crippen molar-refractivity contribution in [2.45, 2.75) is 32.4 Å². The van der Waals surface area contributed by atoms with Crippen LogP contribution in [0.4, 0.5) is 0 Å². The summed E-state index contributed by atoms with van der Waals surface area (Å²) in [5.41, 5.74) is -2.11. The molecular weight excluding hydrogens is 342 g/mol. The van der Waals surface area contributed by atoms with Gasteiger partial charge in [-0.05, 0) is 20.8 Å². The lowest BCUT2D eigenvalue weighted by Gasteiger charge is -2.27. The van der Waals surface area contributed by atoms with Crippen LogP contribution in [0.5, 0.6) is 0 Å². The predicted molar refractivity (Wildman–Crippen MR) is 90.7 cm³/mol. The second-order valence-corrected chi connectivity index (χ2v) is 5.24. The molecule has 140 valence electrons. The van der Waals surface area contributed by atoms with E-state index in [9.17, 15) is 14.4 Å². The van der Waals surface area contributed by atoms with Crippen molar-refractivity contribution in [3.8, 4) is 0 Å². The average molecular weight is 363 g/mol. The normalized spacial score (nSPS) is 17.7. The van der Waals surface area contributed by atoms with Crippen LogP contribution in [0, 0.1) is 0 Å². The Balaban J connectivity index is 2.53. The topological polar surface area (TPSA) is 100 Å². The monoisotopic (exact) mass is 363 g/mol. The maximum atomic E-state index is 13.0. The molecule has 1 heterocycles. The number of ether oxygens (including phenoxy) is 4. The Labute approximate surface area is 151 Å². The number of hydrogen-bond donors (Lipinski definition) is 0. The summed E-state index contributed by atoms with van der Waals surface area (Å²) in [6.07, 6.45) is -0.331. The number of esters is 2. The zero-order valence-electron chi connectivity index (χ0n) is 14.9. The molecule has 0 aromatic heterocycles. The minimum absolute atomic E-state index is 0.0143. The molecule has 0 saturated carbocycles. The van der Waals surface area contributed by atoms with E-state index in [-0.39, 0.29) is 31.5 Å². The fourth-order valence-electron chi connectivity index (χ4n) is 2.48. The van der Waals surface area contributed by atoms with E-state index in [1.165, 1.54) is 0 Å². The molecule has 8 heteroatoms. The molecule has 0 N–H and O–H groups in total. The quantitative estimate of drug-likeness (QED) is 0.411. The fourth-order valence-corrected chi connectivity index (χ4v) is 2.48. The number of nitrogens with zero attached hydrogens (tertiary/aromatic N) is 1. The van der Waals surface area contributed by atoms with Gasteiger partial charge in [0.25, 0.3) is 0 Å². The number of ketones is 1. The van der Waals surface area contributed by atoms with Gasteiger partial charge < -0.3 is 18.9 Å². The third kappa shape index (κ3) is 3.54. The molecule has 1 aromatic rings. The van der Waals surface area contributed by atoms with Gasteiger partial charge in [-0.1, -0.05) is 30.3 Å². The Kier molecular flexibility index (Phi) is 6.32. The lowest BCUT2D eigenvalue weighted by Crippen LogP contribution is -2.59. The number of carbonyl (C=O) groups excluding carboxylic acids is 3. The number of carbonyl (C=O) groups is 3. The third-order valence-corrected chi connectivity index (χ3v) is 3.60. The molecule has 0 amide bonds. The molecule has 1 unspecified atom stereocenters. The van der Waals surface area contributed by atoms with E-state index in [2.05, 4.69) is 4.99 Å². The summed E-state index contributed by atoms with van der Waals surface area (Å²) >= 11 is 0. The Hall–Kier alpha value is -2.90. The molecular formula is C18H21NO7. The number of benzene rings is 1. The summed E-state index contributed by atoms with van der Waals surface area (Å²) in [6, 6.07) is 6.65. The van der Waals surface area contributed by atoms with Gasteiger partial charge in [0.05, 0.1) is 19.8 Å². The standard InChI is InChI=1S/C18H21NO7/c1-4-23-15(21)18(16(22)24-5-2)14(19-17(26-18)25-6-3)13(20)12-10-8-7-9-11-12/h7-11,14H,4-6H2,1-3H3. The average Bonchev–Trinajstić information content (AvgIpc) is 3.03. The van der Waals surface area contributed by atoms with Crippen LogP contribution in [0.3, 0.4) is 0 Å². The van der Waals surface area contributed by atoms with Gasteiger partial charge in [-0.15, -0.1) is 0 Å². The maximum Gasteiger partial charge on any atom is 0.386 e. The Morgan fingerprint density at radius 1 is 1.00 bits per heavy atom. The smallest absolute Gasteiger partial charge is 0.386 e. The van der Waals surface area contributed by atoms with Crippen LogP contribution < -0.4 is 0 Å². The maximum absolute atomic E-state index is 13.0. The highest BCUT2D eigenvalue weighted by molar-refractivity contribution is 6.16. The third-order valence-electron chi connectivity index (χ3n) is 3.60. The van der Waals surface area contributed by atoms with Crippen molar-refractivity contribution in [1.29, 1.82) is 0 Å². The molecule has 0 spiro atoms. The Morgan fingerprint density at radius 3 is 2.08 bits per heavy atom. The molecule has 26 heavy (non-hydrogen) atoms. The lowest BCUT2D eigenvalue weighted by atomic mass is 9.88. The molecule has 1 aromatic carbocycles. The van der Waals surface area contributed by atoms with Crippen LogP contribution in [0.1, 0.15) is 31.1 Å². The summed E-state index contributed by atoms with van der Waals surface area (Å²) in [7, 11) is 0. The number of hydrogen-bond acceptors (Lipinski definition) is 8. The van der Waals surface area contributed by atoms with E-state index in [4.69, 9.17) is 18.9 Å². The van der Waals surface area contributed by atoms with Crippen molar-refractivity contribution >= 4 is 23.8 Å². The van der Waals surface area contributed by atoms with Crippen LogP contribution in [0.15, 0.2) is 35.3 Å². The van der Waals surface area contributed by atoms with Crippen LogP contribution in [-0.2, 0) is 28.5 Å². The highest BCUT2D eigenvalue weighted by Gasteiger charge is 2.65. The number of Topliss-reactive ketones (excluding diaryl/α,β-unsaturated/α-hetero) is 1. The van der Waals surface area contributed by atoms with Gasteiger partial charge in [0.15, 0.2) is 11.8 Å². The molecule has 1 aliphatic heterocycles. The highest BCUT2D eigenvalue weighted by Crippen LogP contribution is 2.32. The van der Waals surface area contributed by atoms with Gasteiger partial charge in [-0.25, -0.2) is 9.59 Å².